The summed E-state index contributed by atoms with van der Waals surface area (Å²) in [4.78, 5) is 24.2. The van der Waals surface area contributed by atoms with Crippen molar-refractivity contribution in [1.82, 2.24) is 0 Å². The maximum atomic E-state index is 12.2. The lowest BCUT2D eigenvalue weighted by Gasteiger charge is -2.10. The number of amides is 1. The van der Waals surface area contributed by atoms with Gasteiger partial charge in [-0.2, -0.15) is 0 Å². The Morgan fingerprint density at radius 2 is 1.83 bits per heavy atom. The molecule has 0 aliphatic heterocycles. The van der Waals surface area contributed by atoms with Crippen molar-refractivity contribution in [1.29, 1.82) is 0 Å². The van der Waals surface area contributed by atoms with Crippen LogP contribution in [-0.2, 0) is 4.79 Å². The van der Waals surface area contributed by atoms with Gasteiger partial charge in [-0.25, -0.2) is 4.79 Å². The van der Waals surface area contributed by atoms with Crippen molar-refractivity contribution in [2.45, 2.75) is 6.92 Å². The van der Waals surface area contributed by atoms with Crippen molar-refractivity contribution in [2.75, 3.05) is 11.9 Å². The van der Waals surface area contributed by atoms with Gasteiger partial charge < -0.3 is 14.5 Å². The van der Waals surface area contributed by atoms with Crippen LogP contribution >= 0.6 is 11.6 Å². The Labute approximate surface area is 177 Å². The van der Waals surface area contributed by atoms with Crippen molar-refractivity contribution in [3.63, 3.8) is 0 Å². The standard InChI is InChI=1S/C24H18ClNO4/c1-15-7-8-17(11-21(15)25)26-23(27)14-29-18-9-10-19-20(16-5-3-2-4-6-16)13-24(28)30-22(19)12-18/h2-13H,14H2,1H3,(H,26,27). The Balaban J connectivity index is 1.52. The summed E-state index contributed by atoms with van der Waals surface area (Å²) >= 11 is 6.08. The molecule has 0 spiro atoms. The van der Waals surface area contributed by atoms with Gasteiger partial charge >= 0.3 is 5.63 Å². The molecule has 1 aromatic heterocycles. The van der Waals surface area contributed by atoms with Crippen LogP contribution in [0.1, 0.15) is 5.56 Å². The molecule has 3 aromatic carbocycles. The van der Waals surface area contributed by atoms with Crippen molar-refractivity contribution >= 4 is 34.2 Å². The maximum Gasteiger partial charge on any atom is 0.336 e. The monoisotopic (exact) mass is 419 g/mol. The number of hydrogen-bond acceptors (Lipinski definition) is 4. The minimum atomic E-state index is -0.451. The van der Waals surface area contributed by atoms with Gasteiger partial charge in [0.1, 0.15) is 11.3 Å². The molecule has 0 atom stereocenters. The van der Waals surface area contributed by atoms with E-state index in [2.05, 4.69) is 5.32 Å². The molecule has 150 valence electrons. The largest absolute Gasteiger partial charge is 0.484 e. The third-order valence-corrected chi connectivity index (χ3v) is 5.03. The van der Waals surface area contributed by atoms with Crippen LogP contribution in [0.2, 0.25) is 5.02 Å². The first kappa shape index (κ1) is 19.7. The molecule has 1 amide bonds. The zero-order valence-corrected chi connectivity index (χ0v) is 16.9. The number of benzene rings is 3. The number of rotatable bonds is 5. The molecule has 1 heterocycles. The second kappa shape index (κ2) is 8.43. The average Bonchev–Trinajstić information content (AvgIpc) is 2.74. The van der Waals surface area contributed by atoms with Gasteiger partial charge in [-0.15, -0.1) is 0 Å². The van der Waals surface area contributed by atoms with E-state index in [9.17, 15) is 9.59 Å². The summed E-state index contributed by atoms with van der Waals surface area (Å²) in [7, 11) is 0. The van der Waals surface area contributed by atoms with Gasteiger partial charge in [0.2, 0.25) is 0 Å². The zero-order chi connectivity index (χ0) is 21.1. The summed E-state index contributed by atoms with van der Waals surface area (Å²) in [6.07, 6.45) is 0. The van der Waals surface area contributed by atoms with E-state index in [0.717, 1.165) is 22.1 Å². The molecule has 6 heteroatoms. The van der Waals surface area contributed by atoms with Crippen LogP contribution in [0.15, 0.2) is 82.0 Å². The van der Waals surface area contributed by atoms with Crippen molar-refractivity contribution in [3.05, 3.63) is 93.8 Å². The number of halogens is 1. The van der Waals surface area contributed by atoms with Crippen LogP contribution in [0.3, 0.4) is 0 Å². The molecular weight excluding hydrogens is 402 g/mol. The number of anilines is 1. The van der Waals surface area contributed by atoms with E-state index < -0.39 is 5.63 Å². The van der Waals surface area contributed by atoms with Crippen LogP contribution in [0, 0.1) is 6.92 Å². The zero-order valence-electron chi connectivity index (χ0n) is 16.1. The van der Waals surface area contributed by atoms with Crippen LogP contribution in [0.5, 0.6) is 5.75 Å². The quantitative estimate of drug-likeness (QED) is 0.437. The third-order valence-electron chi connectivity index (χ3n) is 4.63. The molecule has 0 fully saturated rings. The normalized spacial score (nSPS) is 10.7. The molecule has 0 saturated carbocycles. The number of aryl methyl sites for hydroxylation is 1. The molecule has 0 radical (unpaired) electrons. The lowest BCUT2D eigenvalue weighted by Crippen LogP contribution is -2.20. The van der Waals surface area contributed by atoms with Gasteiger partial charge in [0.25, 0.3) is 5.91 Å². The summed E-state index contributed by atoms with van der Waals surface area (Å²) in [5.74, 6) is 0.0995. The Morgan fingerprint density at radius 3 is 2.60 bits per heavy atom. The number of nitrogens with one attached hydrogen (secondary N) is 1. The Kier molecular flexibility index (Phi) is 5.55. The van der Waals surface area contributed by atoms with Crippen LogP contribution in [0.25, 0.3) is 22.1 Å². The highest BCUT2D eigenvalue weighted by Crippen LogP contribution is 2.29. The highest BCUT2D eigenvalue weighted by atomic mass is 35.5. The maximum absolute atomic E-state index is 12.2. The van der Waals surface area contributed by atoms with Crippen LogP contribution in [0.4, 0.5) is 5.69 Å². The Bertz CT molecular complexity index is 1280. The molecule has 0 aliphatic rings. The van der Waals surface area contributed by atoms with Crippen molar-refractivity contribution in [2.24, 2.45) is 0 Å². The fourth-order valence-electron chi connectivity index (χ4n) is 3.11. The Hall–Kier alpha value is -3.57. The van der Waals surface area contributed by atoms with Gasteiger partial charge in [0.15, 0.2) is 6.61 Å². The molecule has 0 aliphatic carbocycles. The number of hydrogen-bond donors (Lipinski definition) is 1. The number of ether oxygens (including phenoxy) is 1. The number of fused-ring (bicyclic) bond motifs is 1. The van der Waals surface area contributed by atoms with Crippen LogP contribution < -0.4 is 15.7 Å². The van der Waals surface area contributed by atoms with Gasteiger partial charge in [-0.1, -0.05) is 48.0 Å². The van der Waals surface area contributed by atoms with Gasteiger partial charge in [-0.05, 0) is 47.9 Å². The first-order chi connectivity index (χ1) is 14.5. The third kappa shape index (κ3) is 4.36. The van der Waals surface area contributed by atoms with Crippen LogP contribution in [-0.4, -0.2) is 12.5 Å². The summed E-state index contributed by atoms with van der Waals surface area (Å²) < 4.78 is 10.9. The number of carbonyl (C=O) groups is 1. The average molecular weight is 420 g/mol. The van der Waals surface area contributed by atoms with E-state index >= 15 is 0 Å². The SMILES string of the molecule is Cc1ccc(NC(=O)COc2ccc3c(-c4ccccc4)cc(=O)oc3c2)cc1Cl. The molecule has 0 unspecified atom stereocenters. The summed E-state index contributed by atoms with van der Waals surface area (Å²) in [5, 5.41) is 4.10. The van der Waals surface area contributed by atoms with Crippen molar-refractivity contribution < 1.29 is 13.9 Å². The number of carbonyl (C=O) groups excluding carboxylic acids is 1. The first-order valence-corrected chi connectivity index (χ1v) is 9.69. The molecule has 4 rings (SSSR count). The lowest BCUT2D eigenvalue weighted by molar-refractivity contribution is -0.118. The molecule has 4 aromatic rings. The highest BCUT2D eigenvalue weighted by molar-refractivity contribution is 6.31. The second-order valence-electron chi connectivity index (χ2n) is 6.80. The topological polar surface area (TPSA) is 68.5 Å². The van der Waals surface area contributed by atoms with Crippen molar-refractivity contribution in [3.8, 4) is 16.9 Å². The lowest BCUT2D eigenvalue weighted by atomic mass is 10.0. The molecule has 0 bridgehead atoms. The predicted octanol–water partition coefficient (Wildman–Crippen LogP) is 5.44. The smallest absolute Gasteiger partial charge is 0.336 e. The van der Waals surface area contributed by atoms with E-state index in [1.807, 2.05) is 49.4 Å². The fraction of sp³-hybridized carbons (Fsp3) is 0.0833. The van der Waals surface area contributed by atoms with Gasteiger partial charge in [0, 0.05) is 28.2 Å². The molecule has 1 N–H and O–H groups in total. The fourth-order valence-corrected chi connectivity index (χ4v) is 3.29. The van der Waals surface area contributed by atoms with E-state index in [0.29, 0.717) is 22.0 Å². The van der Waals surface area contributed by atoms with E-state index in [4.69, 9.17) is 20.8 Å². The van der Waals surface area contributed by atoms with Gasteiger partial charge in [-0.3, -0.25) is 4.79 Å². The van der Waals surface area contributed by atoms with E-state index in [1.165, 1.54) is 6.07 Å². The molecule has 0 saturated heterocycles. The first-order valence-electron chi connectivity index (χ1n) is 9.32. The summed E-state index contributed by atoms with van der Waals surface area (Å²) in [5.41, 5.74) is 3.16. The molecule has 5 nitrogen and oxygen atoms in total. The van der Waals surface area contributed by atoms with E-state index in [1.54, 1.807) is 24.3 Å². The predicted molar refractivity (Wildman–Crippen MR) is 118 cm³/mol. The Morgan fingerprint density at radius 1 is 1.03 bits per heavy atom. The summed E-state index contributed by atoms with van der Waals surface area (Å²) in [6.45, 7) is 1.69. The minimum Gasteiger partial charge on any atom is -0.484 e. The summed E-state index contributed by atoms with van der Waals surface area (Å²) in [6, 6.07) is 21.5. The van der Waals surface area contributed by atoms with E-state index in [-0.39, 0.29) is 12.5 Å². The molecule has 30 heavy (non-hydrogen) atoms. The second-order valence-corrected chi connectivity index (χ2v) is 7.21. The van der Waals surface area contributed by atoms with Gasteiger partial charge in [0.05, 0.1) is 0 Å². The minimum absolute atomic E-state index is 0.195. The molecular formula is C24H18ClNO4. The highest BCUT2D eigenvalue weighted by Gasteiger charge is 2.10.